The summed E-state index contributed by atoms with van der Waals surface area (Å²) in [6, 6.07) is 2.06. The van der Waals surface area contributed by atoms with Crippen LogP contribution in [0.25, 0.3) is 0 Å². The summed E-state index contributed by atoms with van der Waals surface area (Å²) in [5.74, 6) is 0.249. The zero-order valence-corrected chi connectivity index (χ0v) is 14.5. The second-order valence-corrected chi connectivity index (χ2v) is 6.39. The molecular formula is C17H30N4O2. The Morgan fingerprint density at radius 3 is 2.83 bits per heavy atom. The van der Waals surface area contributed by atoms with E-state index in [-0.39, 0.29) is 12.0 Å². The fourth-order valence-corrected chi connectivity index (χ4v) is 3.04. The number of hydrogen-bond donors (Lipinski definition) is 1. The highest BCUT2D eigenvalue weighted by atomic mass is 16.5. The second kappa shape index (κ2) is 9.03. The summed E-state index contributed by atoms with van der Waals surface area (Å²) in [7, 11) is 0. The quantitative estimate of drug-likeness (QED) is 0.738. The van der Waals surface area contributed by atoms with Crippen molar-refractivity contribution < 1.29 is 9.53 Å². The molecule has 1 unspecified atom stereocenters. The number of nitrogens with two attached hydrogens (primary N) is 1. The molecule has 2 rings (SSSR count). The maximum atomic E-state index is 12.3. The summed E-state index contributed by atoms with van der Waals surface area (Å²) in [4.78, 5) is 14.3. The van der Waals surface area contributed by atoms with Gasteiger partial charge in [-0.25, -0.2) is 0 Å². The van der Waals surface area contributed by atoms with Gasteiger partial charge in [0.2, 0.25) is 5.91 Å². The Kier molecular flexibility index (Phi) is 7.05. The number of rotatable bonds is 8. The van der Waals surface area contributed by atoms with E-state index < -0.39 is 0 Å². The van der Waals surface area contributed by atoms with Crippen LogP contribution in [0.3, 0.4) is 0 Å². The van der Waals surface area contributed by atoms with Crippen LogP contribution in [-0.2, 0) is 16.1 Å². The molecule has 1 amide bonds. The molecule has 0 saturated carbocycles. The van der Waals surface area contributed by atoms with Crippen LogP contribution in [0.5, 0.6) is 0 Å². The van der Waals surface area contributed by atoms with Gasteiger partial charge in [0, 0.05) is 25.2 Å². The first kappa shape index (κ1) is 17.9. The largest absolute Gasteiger partial charge is 0.373 e. The molecule has 2 heterocycles. The minimum absolute atomic E-state index is 0.0305. The lowest BCUT2D eigenvalue weighted by atomic mass is 10.1. The van der Waals surface area contributed by atoms with Gasteiger partial charge in [0.25, 0.3) is 0 Å². The summed E-state index contributed by atoms with van der Waals surface area (Å²) in [6.45, 7) is 7.47. The molecule has 1 aliphatic heterocycles. The van der Waals surface area contributed by atoms with E-state index >= 15 is 0 Å². The van der Waals surface area contributed by atoms with E-state index in [1.165, 1.54) is 0 Å². The van der Waals surface area contributed by atoms with E-state index in [0.717, 1.165) is 43.6 Å². The Morgan fingerprint density at radius 1 is 1.35 bits per heavy atom. The third-order valence-corrected chi connectivity index (χ3v) is 4.32. The summed E-state index contributed by atoms with van der Waals surface area (Å²) < 4.78 is 7.79. The molecule has 0 spiro atoms. The van der Waals surface area contributed by atoms with Gasteiger partial charge in [0.1, 0.15) is 0 Å². The average molecular weight is 322 g/mol. The van der Waals surface area contributed by atoms with Crippen molar-refractivity contribution in [2.75, 3.05) is 26.2 Å². The number of amides is 1. The Labute approximate surface area is 139 Å². The molecule has 6 nitrogen and oxygen atoms in total. The van der Waals surface area contributed by atoms with E-state index in [1.807, 2.05) is 23.4 Å². The molecule has 1 atom stereocenters. The first-order valence-electron chi connectivity index (χ1n) is 8.70. The average Bonchev–Trinajstić information content (AvgIpc) is 2.85. The molecule has 0 aliphatic carbocycles. The van der Waals surface area contributed by atoms with Gasteiger partial charge in [-0.05, 0) is 39.3 Å². The van der Waals surface area contributed by atoms with Crippen LogP contribution in [0.2, 0.25) is 0 Å². The number of morpholine rings is 1. The standard InChI is InChI=1S/C17H30N4O2/c1-14-11-15(2)21(19-14)13-16-12-20(9-10-23-16)17(22)7-5-3-4-6-8-18/h11,16H,3-10,12-13,18H2,1-2H3. The first-order valence-corrected chi connectivity index (χ1v) is 8.70. The van der Waals surface area contributed by atoms with Crippen LogP contribution in [0.15, 0.2) is 6.07 Å². The van der Waals surface area contributed by atoms with Crippen molar-refractivity contribution in [3.8, 4) is 0 Å². The van der Waals surface area contributed by atoms with Gasteiger partial charge in [-0.15, -0.1) is 0 Å². The lowest BCUT2D eigenvalue weighted by molar-refractivity contribution is -0.139. The van der Waals surface area contributed by atoms with Gasteiger partial charge >= 0.3 is 0 Å². The maximum absolute atomic E-state index is 12.3. The molecule has 1 aliphatic rings. The topological polar surface area (TPSA) is 73.4 Å². The van der Waals surface area contributed by atoms with Gasteiger partial charge in [0.15, 0.2) is 0 Å². The highest BCUT2D eigenvalue weighted by Gasteiger charge is 2.24. The molecule has 6 heteroatoms. The summed E-state index contributed by atoms with van der Waals surface area (Å²) in [6.07, 6.45) is 4.88. The minimum atomic E-state index is 0.0305. The van der Waals surface area contributed by atoms with E-state index in [9.17, 15) is 4.79 Å². The summed E-state index contributed by atoms with van der Waals surface area (Å²) >= 11 is 0. The number of hydrogen-bond acceptors (Lipinski definition) is 4. The smallest absolute Gasteiger partial charge is 0.222 e. The highest BCUT2D eigenvalue weighted by Crippen LogP contribution is 2.12. The van der Waals surface area contributed by atoms with Crippen molar-refractivity contribution in [3.05, 3.63) is 17.5 Å². The zero-order valence-electron chi connectivity index (χ0n) is 14.5. The molecule has 2 N–H and O–H groups in total. The van der Waals surface area contributed by atoms with E-state index in [4.69, 9.17) is 10.5 Å². The number of unbranched alkanes of at least 4 members (excludes halogenated alkanes) is 3. The number of nitrogens with zero attached hydrogens (tertiary/aromatic N) is 3. The molecule has 0 aromatic carbocycles. The van der Waals surface area contributed by atoms with Gasteiger partial charge in [-0.3, -0.25) is 9.48 Å². The Morgan fingerprint density at radius 2 is 2.13 bits per heavy atom. The van der Waals surface area contributed by atoms with Gasteiger partial charge < -0.3 is 15.4 Å². The Balaban J connectivity index is 1.76. The predicted molar refractivity (Wildman–Crippen MR) is 90.2 cm³/mol. The number of aryl methyl sites for hydroxylation is 2. The summed E-state index contributed by atoms with van der Waals surface area (Å²) in [5.41, 5.74) is 7.63. The molecule has 1 aromatic rings. The Bertz CT molecular complexity index is 501. The van der Waals surface area contributed by atoms with Crippen LogP contribution in [-0.4, -0.2) is 52.9 Å². The molecule has 23 heavy (non-hydrogen) atoms. The normalized spacial score (nSPS) is 18.4. The van der Waals surface area contributed by atoms with E-state index in [1.54, 1.807) is 0 Å². The third kappa shape index (κ3) is 5.62. The van der Waals surface area contributed by atoms with Gasteiger partial charge in [-0.1, -0.05) is 12.8 Å². The number of carbonyl (C=O) groups is 1. The molecule has 1 aromatic heterocycles. The molecule has 1 fully saturated rings. The number of aromatic nitrogens is 2. The fourth-order valence-electron chi connectivity index (χ4n) is 3.04. The SMILES string of the molecule is Cc1cc(C)n(CC2CN(C(=O)CCCCCCN)CCO2)n1. The van der Waals surface area contributed by atoms with Crippen LogP contribution in [0.4, 0.5) is 0 Å². The van der Waals surface area contributed by atoms with Crippen LogP contribution < -0.4 is 5.73 Å². The summed E-state index contributed by atoms with van der Waals surface area (Å²) in [5, 5.41) is 4.48. The third-order valence-electron chi connectivity index (χ3n) is 4.32. The lowest BCUT2D eigenvalue weighted by Crippen LogP contribution is -2.47. The van der Waals surface area contributed by atoms with Crippen LogP contribution >= 0.6 is 0 Å². The Hall–Kier alpha value is -1.40. The van der Waals surface area contributed by atoms with Crippen molar-refractivity contribution in [2.45, 2.75) is 58.6 Å². The molecule has 0 bridgehead atoms. The zero-order chi connectivity index (χ0) is 16.7. The van der Waals surface area contributed by atoms with E-state index in [2.05, 4.69) is 11.2 Å². The molecule has 1 saturated heterocycles. The maximum Gasteiger partial charge on any atom is 0.222 e. The van der Waals surface area contributed by atoms with Crippen molar-refractivity contribution in [1.82, 2.24) is 14.7 Å². The van der Waals surface area contributed by atoms with Crippen molar-refractivity contribution in [2.24, 2.45) is 5.73 Å². The van der Waals surface area contributed by atoms with E-state index in [0.29, 0.717) is 32.7 Å². The number of carbonyl (C=O) groups excluding carboxylic acids is 1. The number of ether oxygens (including phenoxy) is 1. The first-order chi connectivity index (χ1) is 11.1. The van der Waals surface area contributed by atoms with Crippen LogP contribution in [0, 0.1) is 13.8 Å². The molecule has 0 radical (unpaired) electrons. The van der Waals surface area contributed by atoms with Crippen molar-refractivity contribution in [1.29, 1.82) is 0 Å². The monoisotopic (exact) mass is 322 g/mol. The predicted octanol–water partition coefficient (Wildman–Crippen LogP) is 1.64. The van der Waals surface area contributed by atoms with Crippen molar-refractivity contribution in [3.63, 3.8) is 0 Å². The molecule has 130 valence electrons. The van der Waals surface area contributed by atoms with Gasteiger partial charge in [0.05, 0.1) is 24.9 Å². The van der Waals surface area contributed by atoms with Crippen molar-refractivity contribution >= 4 is 5.91 Å². The van der Waals surface area contributed by atoms with Crippen LogP contribution in [0.1, 0.15) is 43.5 Å². The lowest BCUT2D eigenvalue weighted by Gasteiger charge is -2.33. The highest BCUT2D eigenvalue weighted by molar-refractivity contribution is 5.76. The van der Waals surface area contributed by atoms with Gasteiger partial charge in [-0.2, -0.15) is 5.10 Å². The minimum Gasteiger partial charge on any atom is -0.373 e. The molecular weight excluding hydrogens is 292 g/mol. The fraction of sp³-hybridized carbons (Fsp3) is 0.765. The second-order valence-electron chi connectivity index (χ2n) is 6.39.